The van der Waals surface area contributed by atoms with E-state index >= 15 is 0 Å². The third kappa shape index (κ3) is 6.98. The van der Waals surface area contributed by atoms with Crippen molar-refractivity contribution in [3.05, 3.63) is 138 Å². The van der Waals surface area contributed by atoms with Crippen LogP contribution in [-0.4, -0.2) is 27.1 Å². The summed E-state index contributed by atoms with van der Waals surface area (Å²) in [4.78, 5) is 12.9. The smallest absolute Gasteiger partial charge is 0.264 e. The number of rotatable bonds is 10. The Morgan fingerprint density at radius 2 is 1.56 bits per heavy atom. The van der Waals surface area contributed by atoms with E-state index in [2.05, 4.69) is 40.9 Å². The van der Waals surface area contributed by atoms with Crippen molar-refractivity contribution in [2.24, 2.45) is 5.10 Å². The predicted octanol–water partition coefficient (Wildman–Crippen LogP) is 6.07. The number of nitrogens with zero attached hydrogens (tertiary/aromatic N) is 2. The van der Waals surface area contributed by atoms with Gasteiger partial charge in [0, 0.05) is 0 Å². The van der Waals surface area contributed by atoms with Gasteiger partial charge in [-0.2, -0.15) is 5.10 Å². The molecule has 0 saturated carbocycles. The second-order valence-corrected chi connectivity index (χ2v) is 11.4. The summed E-state index contributed by atoms with van der Waals surface area (Å²) in [5.41, 5.74) is 5.53. The summed E-state index contributed by atoms with van der Waals surface area (Å²) in [6.45, 7) is 1.87. The van der Waals surface area contributed by atoms with E-state index in [1.54, 1.807) is 36.4 Å². The molecule has 5 aromatic rings. The number of carbonyl (C=O) groups is 1. The standard InChI is InChI=1S/C33H29N3O4S/c1-25-8-7-11-30(20-25)36(41(38,39)32-12-3-2-4-13-32)23-33(37)35-34-22-26-15-18-31(19-16-26)40-24-27-14-17-28-9-5-6-10-29(28)21-27/h2-22H,23-24H2,1H3,(H,35,37)/b34-22-. The first-order chi connectivity index (χ1) is 19.9. The van der Waals surface area contributed by atoms with Crippen molar-refractivity contribution in [1.82, 2.24) is 5.43 Å². The largest absolute Gasteiger partial charge is 0.489 e. The Labute approximate surface area is 239 Å². The molecule has 0 aromatic heterocycles. The monoisotopic (exact) mass is 563 g/mol. The minimum absolute atomic E-state index is 0.0979. The molecular formula is C33H29N3O4S. The molecule has 0 saturated heterocycles. The quantitative estimate of drug-likeness (QED) is 0.165. The van der Waals surface area contributed by atoms with Crippen LogP contribution in [0, 0.1) is 6.92 Å². The first kappa shape index (κ1) is 27.6. The number of aryl methyl sites for hydroxylation is 1. The zero-order chi connectivity index (χ0) is 28.7. The Balaban J connectivity index is 1.20. The molecule has 5 rings (SSSR count). The summed E-state index contributed by atoms with van der Waals surface area (Å²) in [6.07, 6.45) is 1.49. The first-order valence-electron chi connectivity index (χ1n) is 13.1. The molecule has 0 fully saturated rings. The number of hydrazone groups is 1. The molecular weight excluding hydrogens is 534 g/mol. The van der Waals surface area contributed by atoms with Crippen molar-refractivity contribution >= 4 is 38.6 Å². The number of sulfonamides is 1. The Morgan fingerprint density at radius 1 is 0.829 bits per heavy atom. The van der Waals surface area contributed by atoms with E-state index in [0.29, 0.717) is 18.0 Å². The maximum absolute atomic E-state index is 13.4. The summed E-state index contributed by atoms with van der Waals surface area (Å²) in [5.74, 6) is 0.136. The topological polar surface area (TPSA) is 88.1 Å². The lowest BCUT2D eigenvalue weighted by atomic mass is 10.1. The van der Waals surface area contributed by atoms with Crippen LogP contribution in [0.1, 0.15) is 16.7 Å². The van der Waals surface area contributed by atoms with Crippen LogP contribution in [0.3, 0.4) is 0 Å². The van der Waals surface area contributed by atoms with Crippen LogP contribution < -0.4 is 14.5 Å². The lowest BCUT2D eigenvalue weighted by Gasteiger charge is -2.24. The average Bonchev–Trinajstić information content (AvgIpc) is 3.00. The van der Waals surface area contributed by atoms with Crippen molar-refractivity contribution in [1.29, 1.82) is 0 Å². The van der Waals surface area contributed by atoms with E-state index in [4.69, 9.17) is 4.74 Å². The highest BCUT2D eigenvalue weighted by molar-refractivity contribution is 7.92. The highest BCUT2D eigenvalue weighted by Crippen LogP contribution is 2.24. The van der Waals surface area contributed by atoms with E-state index in [1.807, 2.05) is 49.4 Å². The van der Waals surface area contributed by atoms with Crippen LogP contribution in [0.25, 0.3) is 10.8 Å². The van der Waals surface area contributed by atoms with Gasteiger partial charge < -0.3 is 4.74 Å². The van der Waals surface area contributed by atoms with Crippen LogP contribution >= 0.6 is 0 Å². The van der Waals surface area contributed by atoms with Crippen LogP contribution in [0.4, 0.5) is 5.69 Å². The summed E-state index contributed by atoms with van der Waals surface area (Å²) >= 11 is 0. The molecule has 1 N–H and O–H groups in total. The third-order valence-corrected chi connectivity index (χ3v) is 8.20. The summed E-state index contributed by atoms with van der Waals surface area (Å²) in [5, 5.41) is 6.38. The number of ether oxygens (including phenoxy) is 1. The third-order valence-electron chi connectivity index (χ3n) is 6.41. The number of benzene rings is 5. The fourth-order valence-electron chi connectivity index (χ4n) is 4.31. The van der Waals surface area contributed by atoms with Gasteiger partial charge in [0.1, 0.15) is 18.9 Å². The van der Waals surface area contributed by atoms with Gasteiger partial charge in [0.25, 0.3) is 15.9 Å². The molecule has 0 aliphatic heterocycles. The second kappa shape index (κ2) is 12.5. The molecule has 41 heavy (non-hydrogen) atoms. The van der Waals surface area contributed by atoms with Crippen LogP contribution in [0.15, 0.2) is 131 Å². The molecule has 0 atom stereocenters. The van der Waals surface area contributed by atoms with Crippen molar-refractivity contribution in [3.63, 3.8) is 0 Å². The zero-order valence-electron chi connectivity index (χ0n) is 22.5. The lowest BCUT2D eigenvalue weighted by Crippen LogP contribution is -2.39. The molecule has 206 valence electrons. The van der Waals surface area contributed by atoms with E-state index < -0.39 is 22.5 Å². The van der Waals surface area contributed by atoms with E-state index in [0.717, 1.165) is 21.0 Å². The Hall–Kier alpha value is -4.95. The van der Waals surface area contributed by atoms with Gasteiger partial charge in [0.15, 0.2) is 0 Å². The maximum atomic E-state index is 13.4. The Kier molecular flexibility index (Phi) is 8.41. The van der Waals surface area contributed by atoms with E-state index in [1.165, 1.54) is 29.1 Å². The van der Waals surface area contributed by atoms with Crippen molar-refractivity contribution < 1.29 is 17.9 Å². The van der Waals surface area contributed by atoms with Gasteiger partial charge in [-0.25, -0.2) is 13.8 Å². The number of hydrogen-bond donors (Lipinski definition) is 1. The SMILES string of the molecule is Cc1cccc(N(CC(=O)N/N=C\c2ccc(OCc3ccc4ccccc4c3)cc2)S(=O)(=O)c2ccccc2)c1. The number of fused-ring (bicyclic) bond motifs is 1. The van der Waals surface area contributed by atoms with Gasteiger partial charge in [-0.05, 0) is 89.0 Å². The maximum Gasteiger partial charge on any atom is 0.264 e. The van der Waals surface area contributed by atoms with Crippen molar-refractivity contribution in [3.8, 4) is 5.75 Å². The minimum atomic E-state index is -3.98. The zero-order valence-corrected chi connectivity index (χ0v) is 23.3. The first-order valence-corrected chi connectivity index (χ1v) is 14.5. The van der Waals surface area contributed by atoms with Gasteiger partial charge in [-0.3, -0.25) is 9.10 Å². The number of carbonyl (C=O) groups excluding carboxylic acids is 1. The predicted molar refractivity (Wildman–Crippen MR) is 163 cm³/mol. The van der Waals surface area contributed by atoms with Gasteiger partial charge in [0.2, 0.25) is 0 Å². The van der Waals surface area contributed by atoms with Crippen LogP contribution in [0.2, 0.25) is 0 Å². The number of anilines is 1. The Bertz CT molecular complexity index is 1790. The number of nitrogens with one attached hydrogen (secondary N) is 1. The normalized spacial score (nSPS) is 11.4. The molecule has 5 aromatic carbocycles. The molecule has 0 unspecified atom stereocenters. The van der Waals surface area contributed by atoms with Crippen LogP contribution in [-0.2, 0) is 21.4 Å². The molecule has 0 radical (unpaired) electrons. The van der Waals surface area contributed by atoms with Gasteiger partial charge in [-0.15, -0.1) is 0 Å². The van der Waals surface area contributed by atoms with Crippen molar-refractivity contribution in [2.75, 3.05) is 10.8 Å². The van der Waals surface area contributed by atoms with E-state index in [-0.39, 0.29) is 4.90 Å². The van der Waals surface area contributed by atoms with Gasteiger partial charge in [-0.1, -0.05) is 66.7 Å². The van der Waals surface area contributed by atoms with Crippen LogP contribution in [0.5, 0.6) is 5.75 Å². The fourth-order valence-corrected chi connectivity index (χ4v) is 5.74. The number of amides is 1. The molecule has 0 spiro atoms. The number of hydrogen-bond acceptors (Lipinski definition) is 5. The summed E-state index contributed by atoms with van der Waals surface area (Å²) in [6, 6.07) is 36.8. The molecule has 7 nitrogen and oxygen atoms in total. The molecule has 0 aliphatic rings. The van der Waals surface area contributed by atoms with Gasteiger partial charge >= 0.3 is 0 Å². The minimum Gasteiger partial charge on any atom is -0.489 e. The fraction of sp³-hybridized carbons (Fsp3) is 0.0909. The molecule has 0 aliphatic carbocycles. The Morgan fingerprint density at radius 3 is 2.32 bits per heavy atom. The van der Waals surface area contributed by atoms with E-state index in [9.17, 15) is 13.2 Å². The highest BCUT2D eigenvalue weighted by Gasteiger charge is 2.27. The molecule has 0 bridgehead atoms. The van der Waals surface area contributed by atoms with Crippen molar-refractivity contribution in [2.45, 2.75) is 18.4 Å². The summed E-state index contributed by atoms with van der Waals surface area (Å²) in [7, 11) is -3.98. The molecule has 0 heterocycles. The lowest BCUT2D eigenvalue weighted by molar-refractivity contribution is -0.119. The molecule has 8 heteroatoms. The highest BCUT2D eigenvalue weighted by atomic mass is 32.2. The summed E-state index contributed by atoms with van der Waals surface area (Å²) < 4.78 is 33.8. The second-order valence-electron chi connectivity index (χ2n) is 9.50. The van der Waals surface area contributed by atoms with Gasteiger partial charge in [0.05, 0.1) is 16.8 Å². The average molecular weight is 564 g/mol. The molecule has 1 amide bonds.